The van der Waals surface area contributed by atoms with Crippen molar-refractivity contribution in [2.24, 2.45) is 0 Å². The fourth-order valence-electron chi connectivity index (χ4n) is 2.21. The van der Waals surface area contributed by atoms with Gasteiger partial charge in [0.1, 0.15) is 12.4 Å². The average Bonchev–Trinajstić information content (AvgIpc) is 2.52. The number of nitrogens with zero attached hydrogens (tertiary/aromatic N) is 1. The van der Waals surface area contributed by atoms with Crippen LogP contribution in [0, 0.1) is 13.8 Å². The van der Waals surface area contributed by atoms with Crippen LogP contribution in [-0.4, -0.2) is 16.7 Å². The standard InChI is InChI=1S/C17H18BrNO3S/c1-11-7-8-15(12(2)9-11)22-10-13-5-4-6-14(18)16(13)19(21)17(20)23-3/h4-9,21H,10H2,1-3H3. The second kappa shape index (κ2) is 7.86. The minimum atomic E-state index is -0.454. The third kappa shape index (κ3) is 4.28. The zero-order valence-electron chi connectivity index (χ0n) is 13.2. The number of carbonyl (C=O) groups is 1. The number of ether oxygens (including phenoxy) is 1. The van der Waals surface area contributed by atoms with E-state index in [1.54, 1.807) is 12.3 Å². The van der Waals surface area contributed by atoms with Crippen LogP contribution in [0.5, 0.6) is 5.75 Å². The van der Waals surface area contributed by atoms with Crippen LogP contribution in [0.15, 0.2) is 40.9 Å². The van der Waals surface area contributed by atoms with E-state index in [0.29, 0.717) is 20.8 Å². The molecule has 1 amide bonds. The van der Waals surface area contributed by atoms with Gasteiger partial charge in [0.05, 0.1) is 5.69 Å². The average molecular weight is 396 g/mol. The molecule has 0 bridgehead atoms. The first kappa shape index (κ1) is 17.8. The van der Waals surface area contributed by atoms with E-state index in [1.807, 2.05) is 44.2 Å². The summed E-state index contributed by atoms with van der Waals surface area (Å²) in [7, 11) is 0. The molecule has 0 aliphatic rings. The van der Waals surface area contributed by atoms with Crippen molar-refractivity contribution in [1.29, 1.82) is 0 Å². The Balaban J connectivity index is 2.26. The zero-order chi connectivity index (χ0) is 17.0. The summed E-state index contributed by atoms with van der Waals surface area (Å²) in [5.41, 5.74) is 3.33. The number of rotatable bonds is 4. The number of hydrogen-bond donors (Lipinski definition) is 1. The molecule has 0 fully saturated rings. The van der Waals surface area contributed by atoms with Gasteiger partial charge in [-0.1, -0.05) is 41.6 Å². The van der Waals surface area contributed by atoms with Gasteiger partial charge in [0, 0.05) is 10.0 Å². The molecule has 2 aromatic carbocycles. The van der Waals surface area contributed by atoms with Crippen molar-refractivity contribution < 1.29 is 14.7 Å². The number of carbonyl (C=O) groups excluding carboxylic acids is 1. The van der Waals surface area contributed by atoms with Gasteiger partial charge in [-0.2, -0.15) is 5.06 Å². The first-order valence-corrected chi connectivity index (χ1v) is 9.00. The van der Waals surface area contributed by atoms with E-state index in [2.05, 4.69) is 15.9 Å². The number of hydrogen-bond acceptors (Lipinski definition) is 4. The molecule has 0 radical (unpaired) electrons. The normalized spacial score (nSPS) is 10.5. The number of aryl methyl sites for hydroxylation is 2. The molecule has 6 heteroatoms. The number of para-hydroxylation sites is 1. The van der Waals surface area contributed by atoms with Crippen molar-refractivity contribution in [3.05, 3.63) is 57.6 Å². The molecule has 0 aliphatic heterocycles. The van der Waals surface area contributed by atoms with Crippen LogP contribution in [0.25, 0.3) is 0 Å². The maximum Gasteiger partial charge on any atom is 0.309 e. The van der Waals surface area contributed by atoms with E-state index in [9.17, 15) is 10.0 Å². The van der Waals surface area contributed by atoms with E-state index in [-0.39, 0.29) is 6.61 Å². The summed E-state index contributed by atoms with van der Waals surface area (Å²) < 4.78 is 6.49. The van der Waals surface area contributed by atoms with Gasteiger partial charge in [-0.25, -0.2) is 0 Å². The van der Waals surface area contributed by atoms with Crippen molar-refractivity contribution in [1.82, 2.24) is 0 Å². The molecule has 0 heterocycles. The van der Waals surface area contributed by atoms with E-state index >= 15 is 0 Å². The highest BCUT2D eigenvalue weighted by atomic mass is 79.9. The minimum absolute atomic E-state index is 0.247. The molecule has 4 nitrogen and oxygen atoms in total. The number of hydroxylamine groups is 1. The molecule has 0 saturated carbocycles. The van der Waals surface area contributed by atoms with Crippen LogP contribution >= 0.6 is 27.7 Å². The van der Waals surface area contributed by atoms with Gasteiger partial charge in [0.15, 0.2) is 0 Å². The molecule has 2 rings (SSSR count). The monoisotopic (exact) mass is 395 g/mol. The molecule has 0 unspecified atom stereocenters. The van der Waals surface area contributed by atoms with Gasteiger partial charge >= 0.3 is 5.24 Å². The Morgan fingerprint density at radius 2 is 2.04 bits per heavy atom. The third-order valence-corrected chi connectivity index (χ3v) is 4.51. The van der Waals surface area contributed by atoms with Crippen LogP contribution in [0.3, 0.4) is 0 Å². The van der Waals surface area contributed by atoms with Gasteiger partial charge in [-0.05, 0) is 53.7 Å². The summed E-state index contributed by atoms with van der Waals surface area (Å²) in [6.45, 7) is 4.26. The Labute approximate surface area is 148 Å². The number of thioether (sulfide) groups is 1. The molecule has 0 spiro atoms. The third-order valence-electron chi connectivity index (χ3n) is 3.34. The number of halogens is 1. The van der Waals surface area contributed by atoms with Gasteiger partial charge in [0.2, 0.25) is 0 Å². The molecule has 0 aliphatic carbocycles. The quantitative estimate of drug-likeness (QED) is 0.561. The fraction of sp³-hybridized carbons (Fsp3) is 0.235. The van der Waals surface area contributed by atoms with Crippen molar-refractivity contribution in [2.45, 2.75) is 20.5 Å². The molecule has 2 aromatic rings. The molecular weight excluding hydrogens is 378 g/mol. The lowest BCUT2D eigenvalue weighted by Gasteiger charge is -2.19. The summed E-state index contributed by atoms with van der Waals surface area (Å²) in [6, 6.07) is 11.4. The predicted octanol–water partition coefficient (Wildman–Crippen LogP) is 5.32. The lowest BCUT2D eigenvalue weighted by atomic mass is 10.1. The fourth-order valence-corrected chi connectivity index (χ4v) is 3.05. The highest BCUT2D eigenvalue weighted by Crippen LogP contribution is 2.32. The van der Waals surface area contributed by atoms with Gasteiger partial charge < -0.3 is 4.74 Å². The largest absolute Gasteiger partial charge is 0.489 e. The Morgan fingerprint density at radius 3 is 2.70 bits per heavy atom. The van der Waals surface area contributed by atoms with E-state index in [4.69, 9.17) is 4.74 Å². The SMILES string of the molecule is CSC(=O)N(O)c1c(Br)cccc1COc1ccc(C)cc1C. The Morgan fingerprint density at radius 1 is 1.30 bits per heavy atom. The molecular formula is C17H18BrNO3S. The van der Waals surface area contributed by atoms with Crippen LogP contribution in [0.4, 0.5) is 10.5 Å². The zero-order valence-corrected chi connectivity index (χ0v) is 15.6. The highest BCUT2D eigenvalue weighted by Gasteiger charge is 2.19. The summed E-state index contributed by atoms with van der Waals surface area (Å²) in [4.78, 5) is 11.8. The predicted molar refractivity (Wildman–Crippen MR) is 97.6 cm³/mol. The first-order chi connectivity index (χ1) is 10.9. The van der Waals surface area contributed by atoms with Gasteiger partial charge in [0.25, 0.3) is 0 Å². The minimum Gasteiger partial charge on any atom is -0.489 e. The van der Waals surface area contributed by atoms with Crippen molar-refractivity contribution >= 4 is 38.6 Å². The maximum atomic E-state index is 11.8. The summed E-state index contributed by atoms with van der Waals surface area (Å²) in [5, 5.41) is 10.3. The van der Waals surface area contributed by atoms with Crippen LogP contribution < -0.4 is 9.80 Å². The number of anilines is 1. The van der Waals surface area contributed by atoms with Crippen molar-refractivity contribution in [2.75, 3.05) is 11.3 Å². The van der Waals surface area contributed by atoms with Crippen molar-refractivity contribution in [3.63, 3.8) is 0 Å². The summed E-state index contributed by atoms with van der Waals surface area (Å²) >= 11 is 4.32. The lowest BCUT2D eigenvalue weighted by molar-refractivity contribution is 0.223. The molecule has 0 aromatic heterocycles. The van der Waals surface area contributed by atoms with Crippen LogP contribution in [0.1, 0.15) is 16.7 Å². The molecule has 122 valence electrons. The Bertz CT molecular complexity index is 721. The second-order valence-electron chi connectivity index (χ2n) is 5.09. The molecule has 23 heavy (non-hydrogen) atoms. The van der Waals surface area contributed by atoms with Crippen LogP contribution in [-0.2, 0) is 6.61 Å². The van der Waals surface area contributed by atoms with E-state index < -0.39 is 5.24 Å². The molecule has 0 saturated heterocycles. The maximum absolute atomic E-state index is 11.8. The lowest BCUT2D eigenvalue weighted by Crippen LogP contribution is -2.24. The van der Waals surface area contributed by atoms with Gasteiger partial charge in [-0.3, -0.25) is 10.0 Å². The summed E-state index contributed by atoms with van der Waals surface area (Å²) in [6.07, 6.45) is 1.62. The Hall–Kier alpha value is -1.50. The molecule has 0 atom stereocenters. The topological polar surface area (TPSA) is 49.8 Å². The smallest absolute Gasteiger partial charge is 0.309 e. The van der Waals surface area contributed by atoms with E-state index in [0.717, 1.165) is 23.1 Å². The highest BCUT2D eigenvalue weighted by molar-refractivity contribution is 9.10. The number of amides is 1. The van der Waals surface area contributed by atoms with Gasteiger partial charge in [-0.15, -0.1) is 0 Å². The Kier molecular flexibility index (Phi) is 6.10. The first-order valence-electron chi connectivity index (χ1n) is 6.98. The van der Waals surface area contributed by atoms with Crippen LogP contribution in [0.2, 0.25) is 0 Å². The summed E-state index contributed by atoms with van der Waals surface area (Å²) in [5.74, 6) is 0.780. The van der Waals surface area contributed by atoms with E-state index in [1.165, 1.54) is 5.56 Å². The second-order valence-corrected chi connectivity index (χ2v) is 6.70. The molecule has 1 N–H and O–H groups in total. The van der Waals surface area contributed by atoms with Crippen molar-refractivity contribution in [3.8, 4) is 5.75 Å². The number of benzene rings is 2.